The van der Waals surface area contributed by atoms with E-state index in [0.29, 0.717) is 26.1 Å². The summed E-state index contributed by atoms with van der Waals surface area (Å²) in [6.45, 7) is 1.73. The number of nitrogens with one attached hydrogen (secondary N) is 1. The molecule has 0 bridgehead atoms. The number of halogens is 1. The van der Waals surface area contributed by atoms with Crippen molar-refractivity contribution in [2.45, 2.75) is 30.8 Å². The van der Waals surface area contributed by atoms with Crippen LogP contribution in [0.15, 0.2) is 28.7 Å². The van der Waals surface area contributed by atoms with Crippen LogP contribution < -0.4 is 5.32 Å². The van der Waals surface area contributed by atoms with Crippen molar-refractivity contribution in [2.24, 2.45) is 0 Å². The zero-order chi connectivity index (χ0) is 17.1. The van der Waals surface area contributed by atoms with E-state index in [2.05, 4.69) is 21.2 Å². The number of rotatable bonds is 5. The lowest BCUT2D eigenvalue weighted by Gasteiger charge is -2.37. The van der Waals surface area contributed by atoms with Gasteiger partial charge in [-0.1, -0.05) is 28.1 Å². The third-order valence-electron chi connectivity index (χ3n) is 4.23. The maximum absolute atomic E-state index is 12.8. The summed E-state index contributed by atoms with van der Waals surface area (Å²) < 4.78 is 6.29. The van der Waals surface area contributed by atoms with Gasteiger partial charge in [-0.05, 0) is 37.5 Å². The second-order valence-corrected chi connectivity index (χ2v) is 6.88. The molecular formula is C16H20BrNO5. The van der Waals surface area contributed by atoms with Crippen LogP contribution in [0.4, 0.5) is 0 Å². The summed E-state index contributed by atoms with van der Waals surface area (Å²) in [6, 6.07) is 7.50. The summed E-state index contributed by atoms with van der Waals surface area (Å²) in [5.41, 5.74) is -1.91. The Hall–Kier alpha value is -1.44. The van der Waals surface area contributed by atoms with Gasteiger partial charge in [-0.3, -0.25) is 4.79 Å². The van der Waals surface area contributed by atoms with E-state index >= 15 is 0 Å². The second kappa shape index (κ2) is 6.98. The fourth-order valence-electron chi connectivity index (χ4n) is 2.63. The van der Waals surface area contributed by atoms with Crippen LogP contribution in [0.5, 0.6) is 0 Å². The van der Waals surface area contributed by atoms with Gasteiger partial charge < -0.3 is 20.3 Å². The minimum Gasteiger partial charge on any atom is -0.479 e. The molecule has 1 heterocycles. The van der Waals surface area contributed by atoms with Crippen LogP contribution in [-0.2, 0) is 19.7 Å². The first-order chi connectivity index (χ1) is 10.8. The van der Waals surface area contributed by atoms with Crippen LogP contribution in [0.1, 0.15) is 25.3 Å². The van der Waals surface area contributed by atoms with E-state index in [1.807, 2.05) is 24.3 Å². The van der Waals surface area contributed by atoms with Gasteiger partial charge in [0.2, 0.25) is 5.91 Å². The Bertz CT molecular complexity index is 579. The number of hydrogen-bond acceptors (Lipinski definition) is 4. The molecule has 1 aliphatic rings. The van der Waals surface area contributed by atoms with Crippen LogP contribution in [0.25, 0.3) is 0 Å². The molecule has 1 amide bonds. The lowest BCUT2D eigenvalue weighted by atomic mass is 9.73. The minimum absolute atomic E-state index is 0.287. The summed E-state index contributed by atoms with van der Waals surface area (Å²) in [4.78, 5) is 23.8. The van der Waals surface area contributed by atoms with Gasteiger partial charge in [-0.15, -0.1) is 0 Å². The molecule has 0 radical (unpaired) electrons. The largest absolute Gasteiger partial charge is 0.479 e. The second-order valence-electron chi connectivity index (χ2n) is 5.96. The number of carboxylic acids is 1. The Morgan fingerprint density at radius 3 is 2.39 bits per heavy atom. The molecule has 7 heteroatoms. The highest BCUT2D eigenvalue weighted by Crippen LogP contribution is 2.35. The molecule has 1 aromatic carbocycles. The van der Waals surface area contributed by atoms with E-state index < -0.39 is 17.0 Å². The van der Waals surface area contributed by atoms with Crippen molar-refractivity contribution in [1.82, 2.24) is 5.32 Å². The van der Waals surface area contributed by atoms with Crippen LogP contribution in [0, 0.1) is 0 Å². The van der Waals surface area contributed by atoms with Crippen LogP contribution in [0.3, 0.4) is 0 Å². The SMILES string of the molecule is CC(O)(CNC(=O)C1(c2ccc(Br)cc2)CCOCC1)C(=O)O. The highest BCUT2D eigenvalue weighted by Gasteiger charge is 2.42. The fraction of sp³-hybridized carbons (Fsp3) is 0.500. The summed E-state index contributed by atoms with van der Waals surface area (Å²) in [5.74, 6) is -1.66. The standard InChI is InChI=1S/C16H20BrNO5/c1-15(22,14(20)21)10-18-13(19)16(6-8-23-9-7-16)11-2-4-12(17)5-3-11/h2-5,22H,6-10H2,1H3,(H,18,19)(H,20,21). The van der Waals surface area contributed by atoms with E-state index in [1.54, 1.807) is 0 Å². The van der Waals surface area contributed by atoms with Crippen molar-refractivity contribution in [3.05, 3.63) is 34.3 Å². The number of ether oxygens (including phenoxy) is 1. The maximum Gasteiger partial charge on any atom is 0.337 e. The molecule has 1 saturated heterocycles. The molecule has 0 aromatic heterocycles. The van der Waals surface area contributed by atoms with E-state index in [1.165, 1.54) is 0 Å². The van der Waals surface area contributed by atoms with E-state index in [4.69, 9.17) is 9.84 Å². The first-order valence-electron chi connectivity index (χ1n) is 7.36. The van der Waals surface area contributed by atoms with E-state index in [9.17, 15) is 14.7 Å². The Morgan fingerprint density at radius 1 is 1.30 bits per heavy atom. The maximum atomic E-state index is 12.8. The first-order valence-corrected chi connectivity index (χ1v) is 8.15. The first kappa shape index (κ1) is 17.9. The highest BCUT2D eigenvalue weighted by molar-refractivity contribution is 9.10. The third kappa shape index (κ3) is 3.91. The Balaban J connectivity index is 2.22. The number of aliphatic hydroxyl groups is 1. The van der Waals surface area contributed by atoms with Crippen molar-refractivity contribution < 1.29 is 24.5 Å². The van der Waals surface area contributed by atoms with Gasteiger partial charge in [0.05, 0.1) is 12.0 Å². The molecule has 126 valence electrons. The number of carbonyl (C=O) groups excluding carboxylic acids is 1. The number of benzene rings is 1. The van der Waals surface area contributed by atoms with Gasteiger partial charge in [0.25, 0.3) is 0 Å². The van der Waals surface area contributed by atoms with Gasteiger partial charge in [-0.2, -0.15) is 0 Å². The van der Waals surface area contributed by atoms with Gasteiger partial charge >= 0.3 is 5.97 Å². The molecule has 1 atom stereocenters. The van der Waals surface area contributed by atoms with Crippen LogP contribution in [0.2, 0.25) is 0 Å². The number of carboxylic acid groups (broad SMARTS) is 1. The summed E-state index contributed by atoms with van der Waals surface area (Å²) in [5, 5.41) is 21.3. The molecule has 0 spiro atoms. The van der Waals surface area contributed by atoms with E-state index in [-0.39, 0.29) is 12.5 Å². The molecule has 6 nitrogen and oxygen atoms in total. The quantitative estimate of drug-likeness (QED) is 0.712. The third-order valence-corrected chi connectivity index (χ3v) is 4.76. The summed E-state index contributed by atoms with van der Waals surface area (Å²) >= 11 is 3.37. The lowest BCUT2D eigenvalue weighted by Crippen LogP contribution is -2.53. The monoisotopic (exact) mass is 385 g/mol. The molecule has 3 N–H and O–H groups in total. The Morgan fingerprint density at radius 2 is 1.87 bits per heavy atom. The van der Waals surface area contributed by atoms with E-state index in [0.717, 1.165) is 17.0 Å². The minimum atomic E-state index is -2.00. The van der Waals surface area contributed by atoms with Crippen molar-refractivity contribution >= 4 is 27.8 Å². The normalized spacial score (nSPS) is 19.6. The lowest BCUT2D eigenvalue weighted by molar-refractivity contribution is -0.156. The molecule has 1 fully saturated rings. The number of carbonyl (C=O) groups is 2. The van der Waals surface area contributed by atoms with Gasteiger partial charge in [0, 0.05) is 17.7 Å². The van der Waals surface area contributed by atoms with Gasteiger partial charge in [0.1, 0.15) is 0 Å². The Kier molecular flexibility index (Phi) is 5.44. The van der Waals surface area contributed by atoms with Crippen molar-refractivity contribution in [1.29, 1.82) is 0 Å². The zero-order valence-electron chi connectivity index (χ0n) is 12.8. The summed E-state index contributed by atoms with van der Waals surface area (Å²) in [6.07, 6.45) is 1.02. The smallest absolute Gasteiger partial charge is 0.337 e. The molecule has 1 aliphatic heterocycles. The molecule has 0 saturated carbocycles. The predicted molar refractivity (Wildman–Crippen MR) is 87.1 cm³/mol. The van der Waals surface area contributed by atoms with Gasteiger partial charge in [0.15, 0.2) is 5.60 Å². The molecule has 2 rings (SSSR count). The predicted octanol–water partition coefficient (Wildman–Crippen LogP) is 1.45. The molecular weight excluding hydrogens is 366 g/mol. The molecule has 0 aliphatic carbocycles. The Labute approximate surface area is 143 Å². The van der Waals surface area contributed by atoms with Crippen LogP contribution >= 0.6 is 15.9 Å². The average molecular weight is 386 g/mol. The molecule has 1 unspecified atom stereocenters. The average Bonchev–Trinajstić information content (AvgIpc) is 2.53. The van der Waals surface area contributed by atoms with Crippen molar-refractivity contribution in [3.8, 4) is 0 Å². The topological polar surface area (TPSA) is 95.9 Å². The zero-order valence-corrected chi connectivity index (χ0v) is 14.4. The van der Waals surface area contributed by atoms with Crippen LogP contribution in [-0.4, -0.2) is 47.4 Å². The van der Waals surface area contributed by atoms with Crippen molar-refractivity contribution in [2.75, 3.05) is 19.8 Å². The summed E-state index contributed by atoms with van der Waals surface area (Å²) in [7, 11) is 0. The van der Waals surface area contributed by atoms with Gasteiger partial charge in [-0.25, -0.2) is 4.79 Å². The number of hydrogen-bond donors (Lipinski definition) is 3. The number of amides is 1. The number of aliphatic carboxylic acids is 1. The molecule has 1 aromatic rings. The van der Waals surface area contributed by atoms with Crippen molar-refractivity contribution in [3.63, 3.8) is 0 Å². The highest BCUT2D eigenvalue weighted by atomic mass is 79.9. The fourth-order valence-corrected chi connectivity index (χ4v) is 2.90. The molecule has 23 heavy (non-hydrogen) atoms.